The van der Waals surface area contributed by atoms with E-state index in [9.17, 15) is 4.39 Å². The molecular weight excluding hydrogens is 193 g/mol. The number of benzene rings is 1. The van der Waals surface area contributed by atoms with Crippen LogP contribution >= 0.6 is 0 Å². The first-order chi connectivity index (χ1) is 7.29. The zero-order chi connectivity index (χ0) is 10.7. The van der Waals surface area contributed by atoms with Crippen molar-refractivity contribution in [1.29, 1.82) is 0 Å². The van der Waals surface area contributed by atoms with Crippen molar-refractivity contribution in [1.82, 2.24) is 9.97 Å². The molecule has 0 atom stereocenters. The van der Waals surface area contributed by atoms with Crippen LogP contribution in [0, 0.1) is 5.82 Å². The maximum absolute atomic E-state index is 12.7. The van der Waals surface area contributed by atoms with Crippen molar-refractivity contribution in [3.05, 3.63) is 42.5 Å². The van der Waals surface area contributed by atoms with E-state index in [2.05, 4.69) is 15.3 Å². The van der Waals surface area contributed by atoms with E-state index in [1.165, 1.54) is 12.1 Å². The van der Waals surface area contributed by atoms with Crippen molar-refractivity contribution >= 4 is 5.69 Å². The van der Waals surface area contributed by atoms with E-state index in [-0.39, 0.29) is 5.82 Å². The fourth-order valence-corrected chi connectivity index (χ4v) is 1.21. The average molecular weight is 203 g/mol. The Balaban J connectivity index is 2.33. The Labute approximate surface area is 87.0 Å². The number of nitrogens with one attached hydrogen (secondary N) is 1. The Morgan fingerprint density at radius 1 is 1.07 bits per heavy atom. The summed E-state index contributed by atoms with van der Waals surface area (Å²) in [4.78, 5) is 8.31. The monoisotopic (exact) mass is 203 g/mol. The van der Waals surface area contributed by atoms with Crippen molar-refractivity contribution in [2.75, 3.05) is 12.4 Å². The zero-order valence-corrected chi connectivity index (χ0v) is 8.24. The van der Waals surface area contributed by atoms with Crippen molar-refractivity contribution in [3.63, 3.8) is 0 Å². The summed E-state index contributed by atoms with van der Waals surface area (Å²) < 4.78 is 12.7. The molecule has 15 heavy (non-hydrogen) atoms. The van der Waals surface area contributed by atoms with E-state index in [4.69, 9.17) is 0 Å². The van der Waals surface area contributed by atoms with Gasteiger partial charge in [-0.1, -0.05) is 0 Å². The molecule has 0 saturated carbocycles. The van der Waals surface area contributed by atoms with E-state index in [0.717, 1.165) is 11.3 Å². The molecule has 3 nitrogen and oxygen atoms in total. The molecule has 2 aromatic rings. The molecule has 0 aliphatic heterocycles. The molecule has 0 amide bonds. The number of hydrogen-bond acceptors (Lipinski definition) is 3. The SMILES string of the molecule is CNc1cnc(-c2ccc(F)cc2)nc1. The minimum absolute atomic E-state index is 0.259. The van der Waals surface area contributed by atoms with Gasteiger partial charge in [0.15, 0.2) is 5.82 Å². The molecule has 0 fully saturated rings. The molecule has 1 aromatic heterocycles. The highest BCUT2D eigenvalue weighted by atomic mass is 19.1. The maximum Gasteiger partial charge on any atom is 0.159 e. The molecular formula is C11H10FN3. The Kier molecular flexibility index (Phi) is 2.58. The third kappa shape index (κ3) is 2.10. The van der Waals surface area contributed by atoms with Gasteiger partial charge in [-0.05, 0) is 24.3 Å². The normalized spacial score (nSPS) is 10.0. The Bertz CT molecular complexity index is 436. The molecule has 0 saturated heterocycles. The Hall–Kier alpha value is -1.97. The van der Waals surface area contributed by atoms with Crippen LogP contribution in [0.2, 0.25) is 0 Å². The van der Waals surface area contributed by atoms with Gasteiger partial charge < -0.3 is 5.32 Å². The molecule has 0 aliphatic rings. The van der Waals surface area contributed by atoms with Crippen LogP contribution < -0.4 is 5.32 Å². The van der Waals surface area contributed by atoms with Crippen LogP contribution in [-0.2, 0) is 0 Å². The van der Waals surface area contributed by atoms with Gasteiger partial charge in [-0.3, -0.25) is 0 Å². The lowest BCUT2D eigenvalue weighted by molar-refractivity contribution is 0.628. The summed E-state index contributed by atoms with van der Waals surface area (Å²) in [5.41, 5.74) is 1.65. The van der Waals surface area contributed by atoms with E-state index >= 15 is 0 Å². The van der Waals surface area contributed by atoms with E-state index in [0.29, 0.717) is 5.82 Å². The molecule has 1 aromatic carbocycles. The summed E-state index contributed by atoms with van der Waals surface area (Å²) in [6.07, 6.45) is 3.37. The van der Waals surface area contributed by atoms with Crippen LogP contribution in [0.3, 0.4) is 0 Å². The lowest BCUT2D eigenvalue weighted by Crippen LogP contribution is -1.93. The Morgan fingerprint density at radius 2 is 1.67 bits per heavy atom. The zero-order valence-electron chi connectivity index (χ0n) is 8.24. The third-order valence-corrected chi connectivity index (χ3v) is 2.04. The van der Waals surface area contributed by atoms with Crippen molar-refractivity contribution in [2.45, 2.75) is 0 Å². The number of hydrogen-bond donors (Lipinski definition) is 1. The van der Waals surface area contributed by atoms with Crippen LogP contribution in [0.1, 0.15) is 0 Å². The standard InChI is InChI=1S/C11H10FN3/c1-13-10-6-14-11(15-7-10)8-2-4-9(12)5-3-8/h2-7,13H,1H3. The number of anilines is 1. The molecule has 0 spiro atoms. The van der Waals surface area contributed by atoms with Gasteiger partial charge in [0.05, 0.1) is 18.1 Å². The highest BCUT2D eigenvalue weighted by Gasteiger charge is 2.00. The molecule has 4 heteroatoms. The first kappa shape index (κ1) is 9.58. The smallest absolute Gasteiger partial charge is 0.159 e. The molecule has 0 bridgehead atoms. The van der Waals surface area contributed by atoms with Gasteiger partial charge in [0.1, 0.15) is 5.82 Å². The van der Waals surface area contributed by atoms with Gasteiger partial charge >= 0.3 is 0 Å². The largest absolute Gasteiger partial charge is 0.386 e. The number of halogens is 1. The summed E-state index contributed by atoms with van der Waals surface area (Å²) in [5, 5.41) is 2.93. The molecule has 1 N–H and O–H groups in total. The quantitative estimate of drug-likeness (QED) is 0.813. The fraction of sp³-hybridized carbons (Fsp3) is 0.0909. The van der Waals surface area contributed by atoms with Gasteiger partial charge in [-0.15, -0.1) is 0 Å². The summed E-state index contributed by atoms with van der Waals surface area (Å²) in [6.45, 7) is 0. The topological polar surface area (TPSA) is 37.8 Å². The predicted molar refractivity (Wildman–Crippen MR) is 57.0 cm³/mol. The van der Waals surface area contributed by atoms with E-state index < -0.39 is 0 Å². The molecule has 2 rings (SSSR count). The van der Waals surface area contributed by atoms with Gasteiger partial charge in [0.2, 0.25) is 0 Å². The summed E-state index contributed by atoms with van der Waals surface area (Å²) in [7, 11) is 1.80. The minimum atomic E-state index is -0.259. The molecule has 76 valence electrons. The average Bonchev–Trinajstić information content (AvgIpc) is 2.30. The second-order valence-corrected chi connectivity index (χ2v) is 3.05. The molecule has 0 radical (unpaired) electrons. The first-order valence-electron chi connectivity index (χ1n) is 4.55. The summed E-state index contributed by atoms with van der Waals surface area (Å²) in [6, 6.07) is 6.10. The van der Waals surface area contributed by atoms with Gasteiger partial charge in [-0.25, -0.2) is 14.4 Å². The van der Waals surface area contributed by atoms with Crippen LogP contribution in [0.4, 0.5) is 10.1 Å². The second kappa shape index (κ2) is 4.04. The van der Waals surface area contributed by atoms with Crippen LogP contribution in [0.15, 0.2) is 36.7 Å². The Morgan fingerprint density at radius 3 is 2.20 bits per heavy atom. The van der Waals surface area contributed by atoms with Gasteiger partial charge in [-0.2, -0.15) is 0 Å². The minimum Gasteiger partial charge on any atom is -0.386 e. The highest BCUT2D eigenvalue weighted by molar-refractivity contribution is 5.55. The van der Waals surface area contributed by atoms with E-state index in [1.807, 2.05) is 0 Å². The third-order valence-electron chi connectivity index (χ3n) is 2.04. The van der Waals surface area contributed by atoms with E-state index in [1.54, 1.807) is 31.6 Å². The maximum atomic E-state index is 12.7. The fourth-order valence-electron chi connectivity index (χ4n) is 1.21. The molecule has 0 unspecified atom stereocenters. The summed E-state index contributed by atoms with van der Waals surface area (Å²) >= 11 is 0. The van der Waals surface area contributed by atoms with Crippen molar-refractivity contribution < 1.29 is 4.39 Å². The lowest BCUT2D eigenvalue weighted by atomic mass is 10.2. The highest BCUT2D eigenvalue weighted by Crippen LogP contribution is 2.15. The van der Waals surface area contributed by atoms with Crippen LogP contribution in [0.5, 0.6) is 0 Å². The molecule has 0 aliphatic carbocycles. The van der Waals surface area contributed by atoms with Gasteiger partial charge in [0, 0.05) is 12.6 Å². The predicted octanol–water partition coefficient (Wildman–Crippen LogP) is 2.32. The van der Waals surface area contributed by atoms with Crippen molar-refractivity contribution in [2.24, 2.45) is 0 Å². The van der Waals surface area contributed by atoms with Gasteiger partial charge in [0.25, 0.3) is 0 Å². The lowest BCUT2D eigenvalue weighted by Gasteiger charge is -2.01. The summed E-state index contributed by atoms with van der Waals surface area (Å²) in [5.74, 6) is 0.333. The second-order valence-electron chi connectivity index (χ2n) is 3.05. The number of rotatable bonds is 2. The molecule has 1 heterocycles. The van der Waals surface area contributed by atoms with Crippen LogP contribution in [-0.4, -0.2) is 17.0 Å². The number of nitrogens with zero attached hydrogens (tertiary/aromatic N) is 2. The first-order valence-corrected chi connectivity index (χ1v) is 4.55. The number of aromatic nitrogens is 2. The van der Waals surface area contributed by atoms with Crippen LogP contribution in [0.25, 0.3) is 11.4 Å². The van der Waals surface area contributed by atoms with Crippen molar-refractivity contribution in [3.8, 4) is 11.4 Å².